The van der Waals surface area contributed by atoms with E-state index in [1.165, 1.54) is 7.11 Å². The third-order valence-corrected chi connectivity index (χ3v) is 4.68. The molecule has 2 atom stereocenters. The largest absolute Gasteiger partial charge is 0.468 e. The Kier molecular flexibility index (Phi) is 4.14. The van der Waals surface area contributed by atoms with Crippen LogP contribution in [0, 0.1) is 11.3 Å². The molecule has 0 radical (unpaired) electrons. The van der Waals surface area contributed by atoms with Crippen LogP contribution in [0.25, 0.3) is 0 Å². The van der Waals surface area contributed by atoms with E-state index in [-0.39, 0.29) is 11.7 Å². The van der Waals surface area contributed by atoms with E-state index in [4.69, 9.17) is 4.74 Å². The first-order chi connectivity index (χ1) is 9.47. The van der Waals surface area contributed by atoms with Crippen molar-refractivity contribution in [3.8, 4) is 0 Å². The van der Waals surface area contributed by atoms with E-state index >= 15 is 0 Å². The molecular weight excluding hydrogens is 320 g/mol. The zero-order valence-corrected chi connectivity index (χ0v) is 13.2. The smallest absolute Gasteiger partial charge is 0.320 e. The third-order valence-electron chi connectivity index (χ3n) is 4.19. The minimum absolute atomic E-state index is 0.162. The van der Waals surface area contributed by atoms with E-state index in [1.807, 2.05) is 19.1 Å². The van der Waals surface area contributed by atoms with E-state index in [2.05, 4.69) is 22.5 Å². The van der Waals surface area contributed by atoms with E-state index < -0.39 is 11.4 Å². The quantitative estimate of drug-likeness (QED) is 0.481. The fourth-order valence-electron chi connectivity index (χ4n) is 2.87. The van der Waals surface area contributed by atoms with Gasteiger partial charge < -0.3 is 4.74 Å². The molecule has 0 aliphatic heterocycles. The number of carbonyl (C=O) groups excluding carboxylic acids is 2. The van der Waals surface area contributed by atoms with Crippen LogP contribution >= 0.6 is 15.9 Å². The first kappa shape index (κ1) is 15.0. The Labute approximate surface area is 127 Å². The molecule has 0 N–H and O–H groups in total. The summed E-state index contributed by atoms with van der Waals surface area (Å²) in [5.74, 6) is -0.895. The summed E-state index contributed by atoms with van der Waals surface area (Å²) in [6, 6.07) is 5.53. The van der Waals surface area contributed by atoms with Crippen LogP contribution in [0.1, 0.15) is 29.3 Å². The van der Waals surface area contributed by atoms with Crippen LogP contribution < -0.4 is 0 Å². The SMILES string of the molecule is C=C[C@H](C)[C@@]1(C(=O)OC)CCc2cc(Br)ccc2C1=O. The Balaban J connectivity index is 2.57. The van der Waals surface area contributed by atoms with Crippen LogP contribution in [0.3, 0.4) is 0 Å². The van der Waals surface area contributed by atoms with E-state index in [0.29, 0.717) is 18.4 Å². The fourth-order valence-corrected chi connectivity index (χ4v) is 3.28. The molecule has 0 saturated carbocycles. The Morgan fingerprint density at radius 2 is 2.25 bits per heavy atom. The van der Waals surface area contributed by atoms with Crippen molar-refractivity contribution in [3.05, 3.63) is 46.5 Å². The maximum absolute atomic E-state index is 12.9. The molecule has 0 heterocycles. The van der Waals surface area contributed by atoms with Gasteiger partial charge in [0.1, 0.15) is 5.41 Å². The van der Waals surface area contributed by atoms with E-state index in [0.717, 1.165) is 10.0 Å². The maximum atomic E-state index is 12.9. The zero-order valence-electron chi connectivity index (χ0n) is 11.6. The molecule has 1 aliphatic carbocycles. The van der Waals surface area contributed by atoms with Gasteiger partial charge in [0.25, 0.3) is 0 Å². The minimum Gasteiger partial charge on any atom is -0.468 e. The number of hydrogen-bond acceptors (Lipinski definition) is 3. The highest BCUT2D eigenvalue weighted by Gasteiger charge is 2.52. The molecule has 1 aromatic rings. The standard InChI is InChI=1S/C16H17BrO3/c1-4-10(2)16(15(19)20-3)8-7-11-9-12(17)5-6-13(11)14(16)18/h4-6,9-10H,1,7-8H2,2-3H3/t10-,16-/m0/s1. The Morgan fingerprint density at radius 3 is 2.85 bits per heavy atom. The Bertz CT molecular complexity index is 579. The summed E-state index contributed by atoms with van der Waals surface area (Å²) in [5.41, 5.74) is 0.441. The molecule has 3 nitrogen and oxygen atoms in total. The summed E-state index contributed by atoms with van der Waals surface area (Å²) < 4.78 is 5.84. The van der Waals surface area contributed by atoms with Gasteiger partial charge in [-0.3, -0.25) is 9.59 Å². The lowest BCUT2D eigenvalue weighted by Crippen LogP contribution is -2.47. The summed E-state index contributed by atoms with van der Waals surface area (Å²) in [4.78, 5) is 25.2. The number of allylic oxidation sites excluding steroid dienone is 1. The molecule has 0 saturated heterocycles. The zero-order chi connectivity index (χ0) is 14.9. The van der Waals surface area contributed by atoms with Gasteiger partial charge in [0, 0.05) is 10.0 Å². The molecule has 0 bridgehead atoms. The molecular formula is C16H17BrO3. The van der Waals surface area contributed by atoms with E-state index in [1.54, 1.807) is 12.1 Å². The highest BCUT2D eigenvalue weighted by molar-refractivity contribution is 9.10. The Morgan fingerprint density at radius 1 is 1.55 bits per heavy atom. The van der Waals surface area contributed by atoms with Crippen molar-refractivity contribution in [2.75, 3.05) is 7.11 Å². The van der Waals surface area contributed by atoms with Gasteiger partial charge in [-0.25, -0.2) is 0 Å². The molecule has 1 aliphatic rings. The number of Topliss-reactive ketones (excluding diaryl/α,β-unsaturated/α-hetero) is 1. The number of hydrogen-bond donors (Lipinski definition) is 0. The fraction of sp³-hybridized carbons (Fsp3) is 0.375. The van der Waals surface area contributed by atoms with Gasteiger partial charge in [-0.1, -0.05) is 28.9 Å². The van der Waals surface area contributed by atoms with Crippen LogP contribution in [-0.4, -0.2) is 18.9 Å². The van der Waals surface area contributed by atoms with E-state index in [9.17, 15) is 9.59 Å². The Hall–Kier alpha value is -1.42. The lowest BCUT2D eigenvalue weighted by atomic mass is 9.64. The van der Waals surface area contributed by atoms with Crippen molar-refractivity contribution in [2.45, 2.75) is 19.8 Å². The second-order valence-corrected chi connectivity index (χ2v) is 6.03. The van der Waals surface area contributed by atoms with Crippen molar-refractivity contribution in [2.24, 2.45) is 11.3 Å². The molecule has 0 unspecified atom stereocenters. The van der Waals surface area contributed by atoms with Crippen LogP contribution in [-0.2, 0) is 16.0 Å². The van der Waals surface area contributed by atoms with Gasteiger partial charge in [-0.05, 0) is 42.5 Å². The summed E-state index contributed by atoms with van der Waals surface area (Å²) in [7, 11) is 1.32. The van der Waals surface area contributed by atoms with Crippen LogP contribution in [0.2, 0.25) is 0 Å². The lowest BCUT2D eigenvalue weighted by Gasteiger charge is -2.37. The highest BCUT2D eigenvalue weighted by Crippen LogP contribution is 2.43. The third kappa shape index (κ3) is 2.12. The van der Waals surface area contributed by atoms with Crippen LogP contribution in [0.5, 0.6) is 0 Å². The number of fused-ring (bicyclic) bond motifs is 1. The summed E-state index contributed by atoms with van der Waals surface area (Å²) in [5, 5.41) is 0. The van der Waals surface area contributed by atoms with Crippen molar-refractivity contribution >= 4 is 27.7 Å². The second-order valence-electron chi connectivity index (χ2n) is 5.12. The number of methoxy groups -OCH3 is 1. The first-order valence-corrected chi connectivity index (χ1v) is 7.31. The lowest BCUT2D eigenvalue weighted by molar-refractivity contribution is -0.152. The number of carbonyl (C=O) groups is 2. The molecule has 0 amide bonds. The van der Waals surface area contributed by atoms with Gasteiger partial charge in [-0.2, -0.15) is 0 Å². The van der Waals surface area contributed by atoms with Crippen LogP contribution in [0.15, 0.2) is 35.3 Å². The normalized spacial score (nSPS) is 22.9. The molecule has 1 aromatic carbocycles. The predicted octanol–water partition coefficient (Wildman–Crippen LogP) is 3.56. The van der Waals surface area contributed by atoms with Gasteiger partial charge in [-0.15, -0.1) is 6.58 Å². The van der Waals surface area contributed by atoms with Crippen molar-refractivity contribution in [1.82, 2.24) is 0 Å². The minimum atomic E-state index is -1.14. The number of benzene rings is 1. The van der Waals surface area contributed by atoms with Gasteiger partial charge >= 0.3 is 5.97 Å². The molecule has 2 rings (SSSR count). The summed E-state index contributed by atoms with van der Waals surface area (Å²) in [6.45, 7) is 5.57. The average molecular weight is 337 g/mol. The van der Waals surface area contributed by atoms with Crippen molar-refractivity contribution in [1.29, 1.82) is 0 Å². The number of esters is 1. The van der Waals surface area contributed by atoms with Crippen LogP contribution in [0.4, 0.5) is 0 Å². The predicted molar refractivity (Wildman–Crippen MR) is 80.6 cm³/mol. The molecule has 20 heavy (non-hydrogen) atoms. The molecule has 106 valence electrons. The highest BCUT2D eigenvalue weighted by atomic mass is 79.9. The monoisotopic (exact) mass is 336 g/mol. The molecule has 4 heteroatoms. The topological polar surface area (TPSA) is 43.4 Å². The molecule has 0 aromatic heterocycles. The number of aryl methyl sites for hydroxylation is 1. The van der Waals surface area contributed by atoms with Gasteiger partial charge in [0.15, 0.2) is 5.78 Å². The maximum Gasteiger partial charge on any atom is 0.320 e. The van der Waals surface area contributed by atoms with Gasteiger partial charge in [0.05, 0.1) is 7.11 Å². The number of ether oxygens (including phenoxy) is 1. The van der Waals surface area contributed by atoms with Gasteiger partial charge in [0.2, 0.25) is 0 Å². The molecule has 0 fully saturated rings. The van der Waals surface area contributed by atoms with Crippen molar-refractivity contribution in [3.63, 3.8) is 0 Å². The molecule has 0 spiro atoms. The second kappa shape index (κ2) is 5.52. The number of rotatable bonds is 3. The first-order valence-electron chi connectivity index (χ1n) is 6.51. The number of ketones is 1. The summed E-state index contributed by atoms with van der Waals surface area (Å²) >= 11 is 3.40. The average Bonchev–Trinajstić information content (AvgIpc) is 2.46. The van der Waals surface area contributed by atoms with Crippen molar-refractivity contribution < 1.29 is 14.3 Å². The number of halogens is 1. The summed E-state index contributed by atoms with van der Waals surface area (Å²) in [6.07, 6.45) is 2.78.